The third-order valence-corrected chi connectivity index (χ3v) is 3.73. The average molecular weight is 388 g/mol. The number of amides is 2. The molecule has 1 aromatic carbocycles. The van der Waals surface area contributed by atoms with Crippen molar-refractivity contribution >= 4 is 23.9 Å². The van der Waals surface area contributed by atoms with Crippen LogP contribution in [0.25, 0.3) is 6.08 Å². The number of nitrogens with one attached hydrogen (secondary N) is 2. The molecule has 3 N–H and O–H groups in total. The van der Waals surface area contributed by atoms with E-state index in [0.717, 1.165) is 0 Å². The number of hydrogen-bond acceptors (Lipinski definition) is 4. The number of carbonyl (C=O) groups excluding carboxylic acids is 2. The Bertz CT molecular complexity index is 857. The summed E-state index contributed by atoms with van der Waals surface area (Å²) in [6.45, 7) is 3.66. The summed E-state index contributed by atoms with van der Waals surface area (Å²) in [7, 11) is 0. The van der Waals surface area contributed by atoms with E-state index in [4.69, 9.17) is 4.42 Å². The van der Waals surface area contributed by atoms with Crippen molar-refractivity contribution in [2.75, 3.05) is 0 Å². The first-order valence-corrected chi connectivity index (χ1v) is 8.62. The van der Waals surface area contributed by atoms with Gasteiger partial charge in [-0.3, -0.25) is 9.59 Å². The summed E-state index contributed by atoms with van der Waals surface area (Å²) in [5, 5.41) is 14.1. The van der Waals surface area contributed by atoms with E-state index < -0.39 is 29.6 Å². The normalized spacial score (nSPS) is 12.5. The van der Waals surface area contributed by atoms with Crippen molar-refractivity contribution in [1.29, 1.82) is 0 Å². The first-order valence-electron chi connectivity index (χ1n) is 8.62. The second-order valence-electron chi connectivity index (χ2n) is 6.53. The van der Waals surface area contributed by atoms with Gasteiger partial charge in [0.2, 0.25) is 0 Å². The predicted octanol–water partition coefficient (Wildman–Crippen LogP) is 2.81. The lowest BCUT2D eigenvalue weighted by atomic mass is 10.0. The molecule has 148 valence electrons. The highest BCUT2D eigenvalue weighted by Gasteiger charge is 2.24. The second-order valence-corrected chi connectivity index (χ2v) is 6.53. The number of carboxylic acid groups (broad SMARTS) is 1. The van der Waals surface area contributed by atoms with Crippen LogP contribution in [0.3, 0.4) is 0 Å². The first-order chi connectivity index (χ1) is 13.3. The molecule has 0 aliphatic carbocycles. The van der Waals surface area contributed by atoms with Gasteiger partial charge < -0.3 is 20.2 Å². The fraction of sp³-hybridized carbons (Fsp3) is 0.250. The van der Waals surface area contributed by atoms with Crippen LogP contribution in [-0.2, 0) is 9.59 Å². The SMILES string of the molecule is CC(C)C[C@H](NC(=O)/C(=C/c1ccc(F)cc1)NC(=O)c1ccco1)C(=O)O. The van der Waals surface area contributed by atoms with Gasteiger partial charge in [0.25, 0.3) is 11.8 Å². The molecular formula is C20H21FN2O5. The molecule has 0 saturated carbocycles. The maximum Gasteiger partial charge on any atom is 0.326 e. The summed E-state index contributed by atoms with van der Waals surface area (Å²) in [6, 6.07) is 7.06. The van der Waals surface area contributed by atoms with Crippen molar-refractivity contribution < 1.29 is 28.3 Å². The van der Waals surface area contributed by atoms with E-state index in [0.29, 0.717) is 5.56 Å². The number of carbonyl (C=O) groups is 3. The molecule has 7 nitrogen and oxygen atoms in total. The van der Waals surface area contributed by atoms with Gasteiger partial charge in [-0.25, -0.2) is 9.18 Å². The minimum absolute atomic E-state index is 0.0187. The Balaban J connectivity index is 2.28. The zero-order chi connectivity index (χ0) is 20.7. The van der Waals surface area contributed by atoms with Crippen LogP contribution in [0, 0.1) is 11.7 Å². The summed E-state index contributed by atoms with van der Waals surface area (Å²) >= 11 is 0. The first kappa shape index (κ1) is 20.9. The van der Waals surface area contributed by atoms with Gasteiger partial charge in [0.05, 0.1) is 6.26 Å². The number of furan rings is 1. The quantitative estimate of drug-likeness (QED) is 0.603. The summed E-state index contributed by atoms with van der Waals surface area (Å²) in [5.74, 6) is -3.08. The fourth-order valence-electron chi connectivity index (χ4n) is 2.40. The summed E-state index contributed by atoms with van der Waals surface area (Å²) in [6.07, 6.45) is 2.85. The molecule has 1 heterocycles. The van der Waals surface area contributed by atoms with Crippen molar-refractivity contribution in [2.45, 2.75) is 26.3 Å². The van der Waals surface area contributed by atoms with Crippen LogP contribution in [0.2, 0.25) is 0 Å². The molecule has 0 bridgehead atoms. The minimum Gasteiger partial charge on any atom is -0.480 e. The molecule has 2 rings (SSSR count). The summed E-state index contributed by atoms with van der Waals surface area (Å²) in [4.78, 5) is 36.3. The zero-order valence-electron chi connectivity index (χ0n) is 15.4. The molecule has 0 unspecified atom stereocenters. The third kappa shape index (κ3) is 6.08. The Labute approximate surface area is 161 Å². The maximum atomic E-state index is 13.1. The van der Waals surface area contributed by atoms with E-state index in [1.165, 1.54) is 48.7 Å². The predicted molar refractivity (Wildman–Crippen MR) is 99.6 cm³/mol. The average Bonchev–Trinajstić information content (AvgIpc) is 3.16. The number of halogens is 1. The van der Waals surface area contributed by atoms with Crippen molar-refractivity contribution in [1.82, 2.24) is 10.6 Å². The lowest BCUT2D eigenvalue weighted by Crippen LogP contribution is -2.44. The number of carboxylic acids is 1. The lowest BCUT2D eigenvalue weighted by molar-refractivity contribution is -0.141. The van der Waals surface area contributed by atoms with Crippen molar-refractivity contribution in [3.8, 4) is 0 Å². The Morgan fingerprint density at radius 1 is 1.18 bits per heavy atom. The molecule has 0 radical (unpaired) electrons. The molecule has 0 fully saturated rings. The molecular weight excluding hydrogens is 367 g/mol. The minimum atomic E-state index is -1.18. The maximum absolute atomic E-state index is 13.1. The second kappa shape index (κ2) is 9.50. The summed E-state index contributed by atoms with van der Waals surface area (Å²) < 4.78 is 18.1. The van der Waals surface area contributed by atoms with Gasteiger partial charge in [-0.15, -0.1) is 0 Å². The number of benzene rings is 1. The van der Waals surface area contributed by atoms with E-state index in [-0.39, 0.29) is 23.8 Å². The molecule has 2 aromatic rings. The van der Waals surface area contributed by atoms with Gasteiger partial charge in [0.1, 0.15) is 17.6 Å². The lowest BCUT2D eigenvalue weighted by Gasteiger charge is -2.18. The number of rotatable bonds is 8. The van der Waals surface area contributed by atoms with Crippen LogP contribution in [0.15, 0.2) is 52.8 Å². The van der Waals surface area contributed by atoms with Gasteiger partial charge >= 0.3 is 5.97 Å². The topological polar surface area (TPSA) is 109 Å². The Morgan fingerprint density at radius 3 is 2.39 bits per heavy atom. The van der Waals surface area contributed by atoms with Crippen LogP contribution in [0.1, 0.15) is 36.4 Å². The zero-order valence-corrected chi connectivity index (χ0v) is 15.4. The molecule has 2 amide bonds. The van der Waals surface area contributed by atoms with Gasteiger partial charge in [-0.2, -0.15) is 0 Å². The van der Waals surface area contributed by atoms with Gasteiger partial charge in [-0.1, -0.05) is 26.0 Å². The van der Waals surface area contributed by atoms with E-state index >= 15 is 0 Å². The van der Waals surface area contributed by atoms with Crippen LogP contribution in [0.4, 0.5) is 4.39 Å². The Hall–Kier alpha value is -3.42. The highest BCUT2D eigenvalue weighted by molar-refractivity contribution is 6.05. The fourth-order valence-corrected chi connectivity index (χ4v) is 2.40. The molecule has 0 aliphatic heterocycles. The molecule has 0 saturated heterocycles. The molecule has 0 aliphatic rings. The van der Waals surface area contributed by atoms with Crippen molar-refractivity contribution in [3.63, 3.8) is 0 Å². The van der Waals surface area contributed by atoms with Crippen molar-refractivity contribution in [2.24, 2.45) is 5.92 Å². The monoisotopic (exact) mass is 388 g/mol. The van der Waals surface area contributed by atoms with Crippen molar-refractivity contribution in [3.05, 3.63) is 65.5 Å². The standard InChI is InChI=1S/C20H21FN2O5/c1-12(2)10-16(20(26)27)23-18(24)15(11-13-5-7-14(21)8-6-13)22-19(25)17-4-3-9-28-17/h3-9,11-12,16H,10H2,1-2H3,(H,22,25)(H,23,24)(H,26,27)/b15-11-/t16-/m0/s1. The van der Waals surface area contributed by atoms with Gasteiger partial charge in [0.15, 0.2) is 5.76 Å². The molecule has 1 aromatic heterocycles. The van der Waals surface area contributed by atoms with E-state index in [1.54, 1.807) is 0 Å². The van der Waals surface area contributed by atoms with E-state index in [1.807, 2.05) is 13.8 Å². The highest BCUT2D eigenvalue weighted by atomic mass is 19.1. The van der Waals surface area contributed by atoms with Crippen LogP contribution < -0.4 is 10.6 Å². The Kier molecular flexibility index (Phi) is 7.08. The van der Waals surface area contributed by atoms with E-state index in [2.05, 4.69) is 10.6 Å². The highest BCUT2D eigenvalue weighted by Crippen LogP contribution is 2.11. The van der Waals surface area contributed by atoms with Gasteiger partial charge in [0, 0.05) is 0 Å². The van der Waals surface area contributed by atoms with E-state index in [9.17, 15) is 23.9 Å². The molecule has 0 spiro atoms. The van der Waals surface area contributed by atoms with Crippen LogP contribution in [-0.4, -0.2) is 28.9 Å². The van der Waals surface area contributed by atoms with Crippen LogP contribution >= 0.6 is 0 Å². The largest absolute Gasteiger partial charge is 0.480 e. The molecule has 28 heavy (non-hydrogen) atoms. The van der Waals surface area contributed by atoms with Gasteiger partial charge in [-0.05, 0) is 48.2 Å². The molecule has 8 heteroatoms. The molecule has 1 atom stereocenters. The van der Waals surface area contributed by atoms with Crippen LogP contribution in [0.5, 0.6) is 0 Å². The Morgan fingerprint density at radius 2 is 1.86 bits per heavy atom. The third-order valence-electron chi connectivity index (χ3n) is 3.73. The summed E-state index contributed by atoms with van der Waals surface area (Å²) in [5.41, 5.74) is 0.255. The smallest absolute Gasteiger partial charge is 0.326 e. The number of aliphatic carboxylic acids is 1. The number of hydrogen-bond donors (Lipinski definition) is 3.